The molecule has 48 heavy (non-hydrogen) atoms. The molecule has 1 fully saturated rings. The van der Waals surface area contributed by atoms with Crippen LogP contribution in [0.1, 0.15) is 51.4 Å². The van der Waals surface area contributed by atoms with E-state index in [1.165, 1.54) is 0 Å². The Morgan fingerprint density at radius 2 is 1.04 bits per heavy atom. The quantitative estimate of drug-likeness (QED) is 0.0682. The first-order chi connectivity index (χ1) is 23.6. The van der Waals surface area contributed by atoms with Crippen LogP contribution in [0.25, 0.3) is 0 Å². The molecule has 0 aromatic heterocycles. The SMILES string of the molecule is O=C(CCOCCOCCOCCOCCOCCOCCOCCOCCNC(=O)O[C@H]1CC/C=C\CCC1)ON1C(=O)CCC1=O. The molecule has 0 radical (unpaired) electrons. The van der Waals surface area contributed by atoms with Gasteiger partial charge < -0.3 is 52.8 Å². The molecule has 0 aromatic carbocycles. The van der Waals surface area contributed by atoms with Gasteiger partial charge in [0.15, 0.2) is 0 Å². The maximum atomic E-state index is 11.9. The summed E-state index contributed by atoms with van der Waals surface area (Å²) in [6.45, 7) is 6.80. The first-order valence-electron chi connectivity index (χ1n) is 16.8. The van der Waals surface area contributed by atoms with E-state index in [2.05, 4.69) is 17.5 Å². The second-order valence-electron chi connectivity index (χ2n) is 10.6. The molecule has 1 aliphatic heterocycles. The van der Waals surface area contributed by atoms with E-state index in [1.807, 2.05) is 0 Å². The smallest absolute Gasteiger partial charge is 0.407 e. The first-order valence-corrected chi connectivity index (χ1v) is 16.8. The Morgan fingerprint density at radius 3 is 1.54 bits per heavy atom. The van der Waals surface area contributed by atoms with Crippen molar-refractivity contribution in [3.05, 3.63) is 12.2 Å². The summed E-state index contributed by atoms with van der Waals surface area (Å²) < 4.78 is 48.8. The van der Waals surface area contributed by atoms with Crippen LogP contribution in [0.5, 0.6) is 0 Å². The number of carbonyl (C=O) groups excluding carboxylic acids is 4. The summed E-state index contributed by atoms with van der Waals surface area (Å²) in [5.41, 5.74) is 0. The van der Waals surface area contributed by atoms with Crippen LogP contribution in [-0.4, -0.2) is 147 Å². The fraction of sp³-hybridized carbons (Fsp3) is 0.812. The number of hydrogen-bond acceptors (Lipinski definition) is 14. The molecule has 0 saturated carbocycles. The largest absolute Gasteiger partial charge is 0.446 e. The third-order valence-electron chi connectivity index (χ3n) is 6.76. The van der Waals surface area contributed by atoms with E-state index in [1.54, 1.807) is 0 Å². The molecule has 1 aliphatic carbocycles. The molecule has 276 valence electrons. The Kier molecular flexibility index (Phi) is 25.3. The standard InChI is InChI=1S/C32H54N2O14/c35-29-8-9-30(36)34(29)48-31(37)10-12-39-14-16-41-18-20-43-22-24-45-26-27-46-25-23-44-21-19-42-17-15-40-13-11-33-32(38)47-28-6-4-2-1-3-5-7-28/h1-2,28H,3-27H2,(H,33,38)/b2-1-/t28-/m0/s1. The van der Waals surface area contributed by atoms with Gasteiger partial charge in [0.1, 0.15) is 6.10 Å². The highest BCUT2D eigenvalue weighted by Crippen LogP contribution is 2.15. The number of imide groups is 1. The summed E-state index contributed by atoms with van der Waals surface area (Å²) in [5, 5.41) is 3.24. The third-order valence-corrected chi connectivity index (χ3v) is 6.76. The van der Waals surface area contributed by atoms with Gasteiger partial charge in [0.25, 0.3) is 11.8 Å². The number of nitrogens with zero attached hydrogens (tertiary/aromatic N) is 1. The Labute approximate surface area is 282 Å². The predicted molar refractivity (Wildman–Crippen MR) is 169 cm³/mol. The molecule has 2 aliphatic rings. The Hall–Kier alpha value is -2.70. The van der Waals surface area contributed by atoms with Crippen molar-refractivity contribution in [2.75, 3.05) is 112 Å². The van der Waals surface area contributed by atoms with Gasteiger partial charge in [-0.3, -0.25) is 9.59 Å². The molecule has 16 heteroatoms. The number of allylic oxidation sites excluding steroid dienone is 2. The number of ether oxygens (including phenoxy) is 9. The fourth-order valence-corrected chi connectivity index (χ4v) is 4.26. The lowest BCUT2D eigenvalue weighted by atomic mass is 10.0. The molecule has 16 nitrogen and oxygen atoms in total. The summed E-state index contributed by atoms with van der Waals surface area (Å²) in [5.74, 6) is -1.72. The van der Waals surface area contributed by atoms with E-state index in [0.29, 0.717) is 104 Å². The maximum Gasteiger partial charge on any atom is 0.407 e. The highest BCUT2D eigenvalue weighted by Gasteiger charge is 2.32. The lowest BCUT2D eigenvalue weighted by Crippen LogP contribution is -2.32. The summed E-state index contributed by atoms with van der Waals surface area (Å²) >= 11 is 0. The first kappa shape index (κ1) is 41.5. The summed E-state index contributed by atoms with van der Waals surface area (Å²) in [7, 11) is 0. The van der Waals surface area contributed by atoms with E-state index >= 15 is 0 Å². The summed E-state index contributed by atoms with van der Waals surface area (Å²) in [6, 6.07) is 0. The maximum absolute atomic E-state index is 11.9. The highest BCUT2D eigenvalue weighted by atomic mass is 16.7. The molecule has 0 bridgehead atoms. The van der Waals surface area contributed by atoms with Gasteiger partial charge in [0.05, 0.1) is 112 Å². The van der Waals surface area contributed by atoms with Crippen molar-refractivity contribution in [2.45, 2.75) is 57.5 Å². The highest BCUT2D eigenvalue weighted by molar-refractivity contribution is 6.01. The van der Waals surface area contributed by atoms with Gasteiger partial charge in [-0.25, -0.2) is 9.59 Å². The predicted octanol–water partition coefficient (Wildman–Crippen LogP) is 1.73. The van der Waals surface area contributed by atoms with Crippen LogP contribution in [0.3, 0.4) is 0 Å². The van der Waals surface area contributed by atoms with Gasteiger partial charge in [-0.05, 0) is 32.1 Å². The minimum Gasteiger partial charge on any atom is -0.446 e. The molecule has 3 amide bonds. The lowest BCUT2D eigenvalue weighted by molar-refractivity contribution is -0.198. The van der Waals surface area contributed by atoms with Crippen LogP contribution >= 0.6 is 0 Å². The zero-order chi connectivity index (χ0) is 34.3. The van der Waals surface area contributed by atoms with Crippen molar-refractivity contribution < 1.29 is 66.6 Å². The van der Waals surface area contributed by atoms with Crippen LogP contribution < -0.4 is 5.32 Å². The Morgan fingerprint density at radius 1 is 0.604 bits per heavy atom. The number of rotatable bonds is 29. The average molecular weight is 691 g/mol. The van der Waals surface area contributed by atoms with Gasteiger partial charge in [-0.15, -0.1) is 5.06 Å². The van der Waals surface area contributed by atoms with Crippen LogP contribution in [0.4, 0.5) is 4.79 Å². The second kappa shape index (κ2) is 29.2. The number of amides is 3. The topological polar surface area (TPSA) is 176 Å². The molecule has 1 atom stereocenters. The van der Waals surface area contributed by atoms with Gasteiger partial charge >= 0.3 is 12.1 Å². The molecular weight excluding hydrogens is 636 g/mol. The minimum atomic E-state index is -0.701. The normalized spacial score (nSPS) is 17.2. The van der Waals surface area contributed by atoms with Crippen LogP contribution in [0, 0.1) is 0 Å². The summed E-state index contributed by atoms with van der Waals surface area (Å²) in [4.78, 5) is 51.1. The molecule has 1 saturated heterocycles. The lowest BCUT2D eigenvalue weighted by Gasteiger charge is -2.18. The summed E-state index contributed by atoms with van der Waals surface area (Å²) in [6.07, 6.45) is 8.76. The molecule has 0 spiro atoms. The Bertz CT molecular complexity index is 890. The van der Waals surface area contributed by atoms with E-state index in [9.17, 15) is 19.2 Å². The van der Waals surface area contributed by atoms with Crippen molar-refractivity contribution in [3.63, 3.8) is 0 Å². The van der Waals surface area contributed by atoms with E-state index in [4.69, 9.17) is 47.5 Å². The van der Waals surface area contributed by atoms with Gasteiger partial charge in [0, 0.05) is 19.4 Å². The molecule has 0 unspecified atom stereocenters. The molecule has 1 N–H and O–H groups in total. The van der Waals surface area contributed by atoms with E-state index in [-0.39, 0.29) is 44.7 Å². The molecule has 2 rings (SSSR count). The zero-order valence-electron chi connectivity index (χ0n) is 28.1. The van der Waals surface area contributed by atoms with Crippen molar-refractivity contribution in [1.29, 1.82) is 0 Å². The van der Waals surface area contributed by atoms with Crippen molar-refractivity contribution in [3.8, 4) is 0 Å². The molecule has 1 heterocycles. The van der Waals surface area contributed by atoms with E-state index in [0.717, 1.165) is 32.1 Å². The Balaban J connectivity index is 1.19. The minimum absolute atomic E-state index is 0.0176. The van der Waals surface area contributed by atoms with Crippen molar-refractivity contribution in [1.82, 2.24) is 10.4 Å². The van der Waals surface area contributed by atoms with Gasteiger partial charge in [0.2, 0.25) is 0 Å². The average Bonchev–Trinajstić information content (AvgIpc) is 3.37. The fourth-order valence-electron chi connectivity index (χ4n) is 4.26. The van der Waals surface area contributed by atoms with E-state index < -0.39 is 17.8 Å². The second-order valence-corrected chi connectivity index (χ2v) is 10.6. The van der Waals surface area contributed by atoms with Crippen LogP contribution in [-0.2, 0) is 61.9 Å². The number of hydroxylamine groups is 2. The third kappa shape index (κ3) is 22.8. The number of alkyl carbamates (subject to hydrolysis) is 1. The zero-order valence-corrected chi connectivity index (χ0v) is 28.1. The number of nitrogens with one attached hydrogen (secondary N) is 1. The van der Waals surface area contributed by atoms with Gasteiger partial charge in [-0.2, -0.15) is 0 Å². The van der Waals surface area contributed by atoms with Crippen LogP contribution in [0.2, 0.25) is 0 Å². The molecule has 0 aromatic rings. The van der Waals surface area contributed by atoms with Crippen molar-refractivity contribution in [2.24, 2.45) is 0 Å². The monoisotopic (exact) mass is 690 g/mol. The van der Waals surface area contributed by atoms with Crippen molar-refractivity contribution >= 4 is 23.9 Å². The molecular formula is C32H54N2O14. The van der Waals surface area contributed by atoms with Crippen LogP contribution in [0.15, 0.2) is 12.2 Å². The van der Waals surface area contributed by atoms with Gasteiger partial charge in [-0.1, -0.05) is 12.2 Å². The number of carbonyl (C=O) groups is 4. The number of hydrogen-bond donors (Lipinski definition) is 1.